The normalized spacial score (nSPS) is 24.0. The summed E-state index contributed by atoms with van der Waals surface area (Å²) < 4.78 is 5.68. The molecule has 0 bridgehead atoms. The van der Waals surface area contributed by atoms with Crippen LogP contribution in [0.2, 0.25) is 0 Å². The molecule has 2 rings (SSSR count). The highest BCUT2D eigenvalue weighted by Crippen LogP contribution is 2.24. The van der Waals surface area contributed by atoms with Crippen LogP contribution in [0.15, 0.2) is 18.2 Å². The van der Waals surface area contributed by atoms with Gasteiger partial charge in [-0.2, -0.15) is 0 Å². The Labute approximate surface area is 107 Å². The Morgan fingerprint density at radius 3 is 2.50 bits per heavy atom. The minimum absolute atomic E-state index is 0.170. The van der Waals surface area contributed by atoms with E-state index in [-0.39, 0.29) is 12.2 Å². The van der Waals surface area contributed by atoms with Crippen LogP contribution in [-0.2, 0) is 4.74 Å². The van der Waals surface area contributed by atoms with E-state index in [0.717, 1.165) is 18.8 Å². The number of rotatable bonds is 2. The number of hydrogen-bond acceptors (Lipinski definition) is 4. The Hall–Kier alpha value is -1.75. The Kier molecular flexibility index (Phi) is 3.43. The first kappa shape index (κ1) is 12.7. The van der Waals surface area contributed by atoms with E-state index in [1.165, 1.54) is 0 Å². The van der Waals surface area contributed by atoms with Gasteiger partial charge < -0.3 is 21.1 Å². The number of ether oxygens (including phenoxy) is 1. The number of primary amides is 1. The molecule has 98 valence electrons. The minimum Gasteiger partial charge on any atom is -0.398 e. The molecule has 5 heteroatoms. The van der Waals surface area contributed by atoms with Gasteiger partial charge in [0.1, 0.15) is 0 Å². The highest BCUT2D eigenvalue weighted by atomic mass is 16.5. The zero-order chi connectivity index (χ0) is 13.3. The third kappa shape index (κ3) is 2.56. The fraction of sp³-hybridized carbons (Fsp3) is 0.462. The van der Waals surface area contributed by atoms with E-state index in [0.29, 0.717) is 11.3 Å². The van der Waals surface area contributed by atoms with Crippen LogP contribution in [0.5, 0.6) is 0 Å². The van der Waals surface area contributed by atoms with Crippen LogP contribution in [0.3, 0.4) is 0 Å². The van der Waals surface area contributed by atoms with Crippen LogP contribution >= 0.6 is 0 Å². The van der Waals surface area contributed by atoms with E-state index in [2.05, 4.69) is 4.90 Å². The van der Waals surface area contributed by atoms with Gasteiger partial charge in [-0.05, 0) is 32.0 Å². The molecule has 1 amide bonds. The lowest BCUT2D eigenvalue weighted by atomic mass is 10.1. The summed E-state index contributed by atoms with van der Waals surface area (Å²) in [6, 6.07) is 5.38. The third-order valence-electron chi connectivity index (χ3n) is 3.09. The van der Waals surface area contributed by atoms with Gasteiger partial charge in [0.25, 0.3) is 5.91 Å². The number of carbonyl (C=O) groups is 1. The van der Waals surface area contributed by atoms with Crippen molar-refractivity contribution in [2.45, 2.75) is 26.1 Å². The minimum atomic E-state index is -0.497. The second-order valence-electron chi connectivity index (χ2n) is 4.80. The molecule has 1 heterocycles. The maximum atomic E-state index is 11.3. The molecule has 4 N–H and O–H groups in total. The number of anilines is 2. The quantitative estimate of drug-likeness (QED) is 0.765. The lowest BCUT2D eigenvalue weighted by molar-refractivity contribution is -0.00521. The number of amides is 1. The van der Waals surface area contributed by atoms with Crippen molar-refractivity contribution < 1.29 is 9.53 Å². The molecule has 1 aliphatic rings. The summed E-state index contributed by atoms with van der Waals surface area (Å²) in [5.41, 5.74) is 12.8. The molecule has 1 aromatic rings. The number of carbonyl (C=O) groups excluding carboxylic acids is 1. The smallest absolute Gasteiger partial charge is 0.250 e. The van der Waals surface area contributed by atoms with E-state index in [1.807, 2.05) is 19.9 Å². The molecule has 0 aliphatic carbocycles. The SMILES string of the molecule is C[C@@H]1CN(c2ccc(N)c(C(N)=O)c2)C[C@H](C)O1. The largest absolute Gasteiger partial charge is 0.398 e. The lowest BCUT2D eigenvalue weighted by Crippen LogP contribution is -2.45. The van der Waals surface area contributed by atoms with Crippen molar-refractivity contribution in [1.29, 1.82) is 0 Å². The van der Waals surface area contributed by atoms with Gasteiger partial charge in [-0.15, -0.1) is 0 Å². The molecule has 1 fully saturated rings. The molecule has 2 atom stereocenters. The van der Waals surface area contributed by atoms with Crippen molar-refractivity contribution in [2.75, 3.05) is 23.7 Å². The third-order valence-corrected chi connectivity index (χ3v) is 3.09. The highest BCUT2D eigenvalue weighted by Gasteiger charge is 2.23. The Bertz CT molecular complexity index is 452. The molecule has 0 aromatic heterocycles. The average Bonchev–Trinajstić information content (AvgIpc) is 2.27. The second-order valence-corrected chi connectivity index (χ2v) is 4.80. The van der Waals surface area contributed by atoms with Crippen molar-refractivity contribution in [3.8, 4) is 0 Å². The molecule has 1 aliphatic heterocycles. The van der Waals surface area contributed by atoms with Crippen LogP contribution in [0.4, 0.5) is 11.4 Å². The number of morpholine rings is 1. The number of nitrogen functional groups attached to an aromatic ring is 1. The number of benzene rings is 1. The number of hydrogen-bond donors (Lipinski definition) is 2. The Morgan fingerprint density at radius 2 is 1.94 bits per heavy atom. The van der Waals surface area contributed by atoms with Gasteiger partial charge in [0.2, 0.25) is 0 Å². The van der Waals surface area contributed by atoms with E-state index >= 15 is 0 Å². The first-order valence-electron chi connectivity index (χ1n) is 6.07. The van der Waals surface area contributed by atoms with Crippen LogP contribution in [0, 0.1) is 0 Å². The monoisotopic (exact) mass is 249 g/mol. The summed E-state index contributed by atoms with van der Waals surface area (Å²) in [5.74, 6) is -0.497. The standard InChI is InChI=1S/C13H19N3O2/c1-8-6-16(7-9(2)18-8)10-3-4-12(14)11(5-10)13(15)17/h3-5,8-9H,6-7,14H2,1-2H3,(H2,15,17)/t8-,9+. The molecule has 18 heavy (non-hydrogen) atoms. The van der Waals surface area contributed by atoms with Crippen molar-refractivity contribution in [3.05, 3.63) is 23.8 Å². The molecule has 0 radical (unpaired) electrons. The number of nitrogens with two attached hydrogens (primary N) is 2. The van der Waals surface area contributed by atoms with E-state index < -0.39 is 5.91 Å². The van der Waals surface area contributed by atoms with Crippen LogP contribution in [0.1, 0.15) is 24.2 Å². The summed E-state index contributed by atoms with van der Waals surface area (Å²) in [6.45, 7) is 5.67. The number of nitrogens with zero attached hydrogens (tertiary/aromatic N) is 1. The Morgan fingerprint density at radius 1 is 1.33 bits per heavy atom. The topological polar surface area (TPSA) is 81.6 Å². The molecule has 0 saturated carbocycles. The molecule has 0 spiro atoms. The predicted molar refractivity (Wildman–Crippen MR) is 71.6 cm³/mol. The van der Waals surface area contributed by atoms with Gasteiger partial charge in [0.15, 0.2) is 0 Å². The van der Waals surface area contributed by atoms with Gasteiger partial charge >= 0.3 is 0 Å². The molecular formula is C13H19N3O2. The first-order chi connectivity index (χ1) is 8.47. The molecule has 0 unspecified atom stereocenters. The van der Waals surface area contributed by atoms with Crippen LogP contribution in [0.25, 0.3) is 0 Å². The van der Waals surface area contributed by atoms with E-state index in [1.54, 1.807) is 12.1 Å². The molecule has 1 aromatic carbocycles. The molecule has 1 saturated heterocycles. The van der Waals surface area contributed by atoms with Crippen molar-refractivity contribution >= 4 is 17.3 Å². The average molecular weight is 249 g/mol. The maximum absolute atomic E-state index is 11.3. The second kappa shape index (κ2) is 4.86. The summed E-state index contributed by atoms with van der Waals surface area (Å²) in [7, 11) is 0. The molecular weight excluding hydrogens is 230 g/mol. The van der Waals surface area contributed by atoms with Crippen LogP contribution < -0.4 is 16.4 Å². The summed E-state index contributed by atoms with van der Waals surface area (Å²) in [6.07, 6.45) is 0.340. The lowest BCUT2D eigenvalue weighted by Gasteiger charge is -2.37. The van der Waals surface area contributed by atoms with E-state index in [9.17, 15) is 4.79 Å². The van der Waals surface area contributed by atoms with Crippen molar-refractivity contribution in [1.82, 2.24) is 0 Å². The Balaban J connectivity index is 2.28. The van der Waals surface area contributed by atoms with E-state index in [4.69, 9.17) is 16.2 Å². The predicted octanol–water partition coefficient (Wildman–Crippen LogP) is 0.981. The zero-order valence-electron chi connectivity index (χ0n) is 10.7. The van der Waals surface area contributed by atoms with Gasteiger partial charge in [-0.1, -0.05) is 0 Å². The first-order valence-corrected chi connectivity index (χ1v) is 6.07. The van der Waals surface area contributed by atoms with Crippen LogP contribution in [-0.4, -0.2) is 31.2 Å². The maximum Gasteiger partial charge on any atom is 0.250 e. The highest BCUT2D eigenvalue weighted by molar-refractivity contribution is 5.99. The van der Waals surface area contributed by atoms with Gasteiger partial charge in [-0.25, -0.2) is 0 Å². The van der Waals surface area contributed by atoms with Crippen molar-refractivity contribution in [3.63, 3.8) is 0 Å². The fourth-order valence-corrected chi connectivity index (χ4v) is 2.34. The zero-order valence-corrected chi connectivity index (χ0v) is 10.7. The van der Waals surface area contributed by atoms with Gasteiger partial charge in [0, 0.05) is 24.5 Å². The molecule has 5 nitrogen and oxygen atoms in total. The van der Waals surface area contributed by atoms with Gasteiger partial charge in [0.05, 0.1) is 17.8 Å². The van der Waals surface area contributed by atoms with Gasteiger partial charge in [-0.3, -0.25) is 4.79 Å². The summed E-state index contributed by atoms with van der Waals surface area (Å²) >= 11 is 0. The fourth-order valence-electron chi connectivity index (χ4n) is 2.34. The summed E-state index contributed by atoms with van der Waals surface area (Å²) in [5, 5.41) is 0. The summed E-state index contributed by atoms with van der Waals surface area (Å²) in [4.78, 5) is 13.5. The van der Waals surface area contributed by atoms with Crippen molar-refractivity contribution in [2.24, 2.45) is 5.73 Å².